The van der Waals surface area contributed by atoms with Crippen LogP contribution in [0.25, 0.3) is 0 Å². The van der Waals surface area contributed by atoms with Crippen LogP contribution in [0.2, 0.25) is 0 Å². The van der Waals surface area contributed by atoms with E-state index < -0.39 is 0 Å². The zero-order valence-corrected chi connectivity index (χ0v) is 11.5. The van der Waals surface area contributed by atoms with E-state index in [1.165, 1.54) is 11.1 Å². The van der Waals surface area contributed by atoms with Crippen LogP contribution in [0.3, 0.4) is 0 Å². The summed E-state index contributed by atoms with van der Waals surface area (Å²) in [5, 5.41) is 0. The van der Waals surface area contributed by atoms with Gasteiger partial charge in [-0.15, -0.1) is 0 Å². The molecule has 1 unspecified atom stereocenters. The molecule has 1 heterocycles. The molecule has 0 aliphatic rings. The molecule has 0 bridgehead atoms. The topological polar surface area (TPSA) is 55.0 Å². The molecule has 1 atom stereocenters. The summed E-state index contributed by atoms with van der Waals surface area (Å²) < 4.78 is 0. The summed E-state index contributed by atoms with van der Waals surface area (Å²) in [6.07, 6.45) is 3.33. The minimum absolute atomic E-state index is 0.114. The fraction of sp³-hybridized carbons (Fsp3) is 0.333. The normalized spacial score (nSPS) is 12.6. The second-order valence-corrected chi connectivity index (χ2v) is 4.73. The van der Waals surface area contributed by atoms with Crippen molar-refractivity contribution in [3.05, 3.63) is 59.7 Å². The van der Waals surface area contributed by atoms with Crippen molar-refractivity contribution in [3.63, 3.8) is 0 Å². The molecule has 0 saturated heterocycles. The molecule has 0 fully saturated rings. The van der Waals surface area contributed by atoms with Gasteiger partial charge in [0.25, 0.3) is 0 Å². The van der Waals surface area contributed by atoms with Crippen molar-refractivity contribution in [3.8, 4) is 0 Å². The third kappa shape index (κ3) is 3.36. The lowest BCUT2D eigenvalue weighted by molar-refractivity contribution is 0.237. The first-order valence-corrected chi connectivity index (χ1v) is 6.43. The molecule has 0 aliphatic heterocycles. The third-order valence-corrected chi connectivity index (χ3v) is 3.38. The molecule has 0 amide bonds. The van der Waals surface area contributed by atoms with Gasteiger partial charge in [-0.25, -0.2) is 9.97 Å². The van der Waals surface area contributed by atoms with E-state index in [-0.39, 0.29) is 6.04 Å². The second-order valence-electron chi connectivity index (χ2n) is 4.73. The lowest BCUT2D eigenvalue weighted by Crippen LogP contribution is -2.31. The summed E-state index contributed by atoms with van der Waals surface area (Å²) in [5.41, 5.74) is 9.48. The highest BCUT2D eigenvalue weighted by atomic mass is 15.1. The molecule has 0 aliphatic carbocycles. The standard InChI is InChI=1S/C15H20N4/c1-12-5-3-4-6-13(12)10-19(2)15(9-16)14-7-8-17-11-18-14/h3-8,11,15H,9-10,16H2,1-2H3. The molecule has 1 aromatic carbocycles. The number of nitrogens with two attached hydrogens (primary N) is 1. The summed E-state index contributed by atoms with van der Waals surface area (Å²) in [7, 11) is 2.08. The zero-order chi connectivity index (χ0) is 13.7. The zero-order valence-electron chi connectivity index (χ0n) is 11.5. The fourth-order valence-corrected chi connectivity index (χ4v) is 2.19. The number of likely N-dealkylation sites (N-methyl/N-ethyl adjacent to an activating group) is 1. The number of nitrogens with zero attached hydrogens (tertiary/aromatic N) is 3. The molecule has 4 heteroatoms. The van der Waals surface area contributed by atoms with E-state index in [9.17, 15) is 0 Å². The SMILES string of the molecule is Cc1ccccc1CN(C)C(CN)c1ccncn1. The maximum atomic E-state index is 5.90. The first kappa shape index (κ1) is 13.6. The Balaban J connectivity index is 2.14. The molecule has 2 rings (SSSR count). The first-order chi connectivity index (χ1) is 9.22. The first-order valence-electron chi connectivity index (χ1n) is 6.43. The van der Waals surface area contributed by atoms with Crippen LogP contribution < -0.4 is 5.73 Å². The summed E-state index contributed by atoms with van der Waals surface area (Å²) in [4.78, 5) is 10.5. The van der Waals surface area contributed by atoms with E-state index in [0.717, 1.165) is 12.2 Å². The molecule has 100 valence electrons. The number of hydrogen-bond acceptors (Lipinski definition) is 4. The number of rotatable bonds is 5. The van der Waals surface area contributed by atoms with Gasteiger partial charge in [-0.1, -0.05) is 24.3 Å². The van der Waals surface area contributed by atoms with E-state index in [1.54, 1.807) is 12.5 Å². The van der Waals surface area contributed by atoms with Gasteiger partial charge in [0.1, 0.15) is 6.33 Å². The van der Waals surface area contributed by atoms with Crippen molar-refractivity contribution < 1.29 is 0 Å². The van der Waals surface area contributed by atoms with E-state index in [0.29, 0.717) is 6.54 Å². The van der Waals surface area contributed by atoms with Crippen molar-refractivity contribution >= 4 is 0 Å². The van der Waals surface area contributed by atoms with Gasteiger partial charge < -0.3 is 5.73 Å². The molecule has 0 saturated carbocycles. The minimum atomic E-state index is 0.114. The van der Waals surface area contributed by atoms with E-state index in [2.05, 4.69) is 53.1 Å². The van der Waals surface area contributed by atoms with Gasteiger partial charge in [-0.05, 0) is 31.2 Å². The summed E-state index contributed by atoms with van der Waals surface area (Å²) in [5.74, 6) is 0. The minimum Gasteiger partial charge on any atom is -0.329 e. The van der Waals surface area contributed by atoms with Crippen LogP contribution in [0.15, 0.2) is 42.9 Å². The Hall–Kier alpha value is -1.78. The monoisotopic (exact) mass is 256 g/mol. The van der Waals surface area contributed by atoms with Crippen molar-refractivity contribution in [1.82, 2.24) is 14.9 Å². The summed E-state index contributed by atoms with van der Waals surface area (Å²) >= 11 is 0. The van der Waals surface area contributed by atoms with E-state index in [1.807, 2.05) is 6.07 Å². The lowest BCUT2D eigenvalue weighted by Gasteiger charge is -2.27. The Morgan fingerprint density at radius 2 is 2.05 bits per heavy atom. The summed E-state index contributed by atoms with van der Waals surface area (Å²) in [6.45, 7) is 3.53. The Morgan fingerprint density at radius 1 is 1.26 bits per heavy atom. The highest BCUT2D eigenvalue weighted by molar-refractivity contribution is 5.25. The lowest BCUT2D eigenvalue weighted by atomic mass is 10.1. The van der Waals surface area contributed by atoms with Crippen molar-refractivity contribution in [2.24, 2.45) is 5.73 Å². The molecule has 4 nitrogen and oxygen atoms in total. The van der Waals surface area contributed by atoms with Gasteiger partial charge in [0, 0.05) is 19.3 Å². The van der Waals surface area contributed by atoms with Crippen LogP contribution in [-0.4, -0.2) is 28.5 Å². The van der Waals surface area contributed by atoms with Gasteiger partial charge in [0.2, 0.25) is 0 Å². The predicted molar refractivity (Wildman–Crippen MR) is 76.5 cm³/mol. The second kappa shape index (κ2) is 6.41. The number of benzene rings is 1. The molecule has 0 spiro atoms. The molecule has 19 heavy (non-hydrogen) atoms. The van der Waals surface area contributed by atoms with Crippen LogP contribution in [0.1, 0.15) is 22.9 Å². The van der Waals surface area contributed by atoms with Crippen LogP contribution in [0, 0.1) is 6.92 Å². The molecule has 2 aromatic rings. The molecule has 1 aromatic heterocycles. The third-order valence-electron chi connectivity index (χ3n) is 3.38. The van der Waals surface area contributed by atoms with Gasteiger partial charge >= 0.3 is 0 Å². The quantitative estimate of drug-likeness (QED) is 0.888. The highest BCUT2D eigenvalue weighted by Crippen LogP contribution is 2.19. The van der Waals surface area contributed by atoms with Gasteiger partial charge in [0.15, 0.2) is 0 Å². The smallest absolute Gasteiger partial charge is 0.115 e. The maximum absolute atomic E-state index is 5.90. The van der Waals surface area contributed by atoms with E-state index >= 15 is 0 Å². The van der Waals surface area contributed by atoms with Crippen molar-refractivity contribution in [2.75, 3.05) is 13.6 Å². The average Bonchev–Trinajstić information content (AvgIpc) is 2.43. The molecule has 0 radical (unpaired) electrons. The summed E-state index contributed by atoms with van der Waals surface area (Å²) in [6, 6.07) is 10.4. The Kier molecular flexibility index (Phi) is 4.60. The predicted octanol–water partition coefficient (Wildman–Crippen LogP) is 1.92. The largest absolute Gasteiger partial charge is 0.329 e. The molecular formula is C15H20N4. The molecule has 2 N–H and O–H groups in total. The van der Waals surface area contributed by atoms with Crippen LogP contribution in [-0.2, 0) is 6.54 Å². The number of hydrogen-bond donors (Lipinski definition) is 1. The van der Waals surface area contributed by atoms with E-state index in [4.69, 9.17) is 5.73 Å². The Labute approximate surface area is 114 Å². The van der Waals surface area contributed by atoms with Gasteiger partial charge in [-0.2, -0.15) is 0 Å². The van der Waals surface area contributed by atoms with Crippen molar-refractivity contribution in [1.29, 1.82) is 0 Å². The Bertz CT molecular complexity index is 513. The van der Waals surface area contributed by atoms with Gasteiger partial charge in [-0.3, -0.25) is 4.90 Å². The number of aryl methyl sites for hydroxylation is 1. The van der Waals surface area contributed by atoms with Crippen LogP contribution in [0.5, 0.6) is 0 Å². The highest BCUT2D eigenvalue weighted by Gasteiger charge is 2.17. The fourth-order valence-electron chi connectivity index (χ4n) is 2.19. The Morgan fingerprint density at radius 3 is 2.68 bits per heavy atom. The maximum Gasteiger partial charge on any atom is 0.115 e. The number of aromatic nitrogens is 2. The van der Waals surface area contributed by atoms with Crippen LogP contribution in [0.4, 0.5) is 0 Å². The molecular weight excluding hydrogens is 236 g/mol. The average molecular weight is 256 g/mol. The van der Waals surface area contributed by atoms with Crippen molar-refractivity contribution in [2.45, 2.75) is 19.5 Å². The van der Waals surface area contributed by atoms with Crippen LogP contribution >= 0.6 is 0 Å². The van der Waals surface area contributed by atoms with Gasteiger partial charge in [0.05, 0.1) is 11.7 Å².